The molecule has 0 radical (unpaired) electrons. The summed E-state index contributed by atoms with van der Waals surface area (Å²) < 4.78 is 1.80. The summed E-state index contributed by atoms with van der Waals surface area (Å²) in [5, 5.41) is 18.3. The van der Waals surface area contributed by atoms with Crippen molar-refractivity contribution >= 4 is 11.6 Å². The van der Waals surface area contributed by atoms with Gasteiger partial charge in [-0.05, 0) is 29.2 Å². The van der Waals surface area contributed by atoms with Crippen LogP contribution in [-0.4, -0.2) is 14.9 Å². The van der Waals surface area contributed by atoms with Crippen LogP contribution in [0.5, 0.6) is 0 Å². The molecule has 1 heterocycles. The van der Waals surface area contributed by atoms with Crippen molar-refractivity contribution in [1.29, 1.82) is 0 Å². The molecule has 0 saturated carbocycles. The number of aromatic nitrogens is 2. The SMILES string of the molecule is CC(C)c1nn(-c2ccccc2)c(Cl)c1CNCc1ccccc1CO. The van der Waals surface area contributed by atoms with Crippen LogP contribution in [0.3, 0.4) is 0 Å². The van der Waals surface area contributed by atoms with Gasteiger partial charge in [-0.3, -0.25) is 0 Å². The number of nitrogens with one attached hydrogen (secondary N) is 1. The number of nitrogens with zero attached hydrogens (tertiary/aromatic N) is 2. The lowest BCUT2D eigenvalue weighted by Gasteiger charge is -2.10. The zero-order valence-corrected chi connectivity index (χ0v) is 15.9. The summed E-state index contributed by atoms with van der Waals surface area (Å²) in [6.07, 6.45) is 0. The van der Waals surface area contributed by atoms with Crippen molar-refractivity contribution in [3.05, 3.63) is 82.1 Å². The van der Waals surface area contributed by atoms with Crippen molar-refractivity contribution in [1.82, 2.24) is 15.1 Å². The zero-order chi connectivity index (χ0) is 18.5. The lowest BCUT2D eigenvalue weighted by atomic mass is 10.1. The number of rotatable bonds is 7. The first-order valence-corrected chi connectivity index (χ1v) is 9.20. The minimum absolute atomic E-state index is 0.0434. The van der Waals surface area contributed by atoms with Crippen LogP contribution in [-0.2, 0) is 19.7 Å². The first-order chi connectivity index (χ1) is 12.6. The molecular formula is C21H24ClN3O. The predicted molar refractivity (Wildman–Crippen MR) is 106 cm³/mol. The lowest BCUT2D eigenvalue weighted by molar-refractivity contribution is 0.280. The number of benzene rings is 2. The van der Waals surface area contributed by atoms with Gasteiger partial charge >= 0.3 is 0 Å². The summed E-state index contributed by atoms with van der Waals surface area (Å²) in [4.78, 5) is 0. The molecule has 0 aliphatic heterocycles. The highest BCUT2D eigenvalue weighted by Gasteiger charge is 2.19. The average molecular weight is 370 g/mol. The molecule has 136 valence electrons. The van der Waals surface area contributed by atoms with Gasteiger partial charge in [-0.25, -0.2) is 4.68 Å². The van der Waals surface area contributed by atoms with Gasteiger partial charge < -0.3 is 10.4 Å². The van der Waals surface area contributed by atoms with E-state index in [4.69, 9.17) is 16.7 Å². The number of para-hydroxylation sites is 1. The first kappa shape index (κ1) is 18.6. The van der Waals surface area contributed by atoms with Gasteiger partial charge in [0.05, 0.1) is 18.0 Å². The molecule has 0 fully saturated rings. The number of halogens is 1. The van der Waals surface area contributed by atoms with Gasteiger partial charge in [0.2, 0.25) is 0 Å². The van der Waals surface area contributed by atoms with Gasteiger partial charge in [0, 0.05) is 18.7 Å². The monoisotopic (exact) mass is 369 g/mol. The number of hydrogen-bond acceptors (Lipinski definition) is 3. The Morgan fingerprint density at radius 3 is 2.31 bits per heavy atom. The molecule has 5 heteroatoms. The second-order valence-corrected chi connectivity index (χ2v) is 6.95. The van der Waals surface area contributed by atoms with Crippen molar-refractivity contribution in [2.24, 2.45) is 0 Å². The molecule has 0 saturated heterocycles. The quantitative estimate of drug-likeness (QED) is 0.647. The van der Waals surface area contributed by atoms with Crippen LogP contribution in [0, 0.1) is 0 Å². The minimum atomic E-state index is 0.0434. The summed E-state index contributed by atoms with van der Waals surface area (Å²) in [5.74, 6) is 0.277. The summed E-state index contributed by atoms with van der Waals surface area (Å²) in [6, 6.07) is 17.8. The molecular weight excluding hydrogens is 346 g/mol. The van der Waals surface area contributed by atoms with Crippen molar-refractivity contribution < 1.29 is 5.11 Å². The summed E-state index contributed by atoms with van der Waals surface area (Å²) in [5.41, 5.74) is 5.01. The van der Waals surface area contributed by atoms with Gasteiger partial charge in [0.1, 0.15) is 5.15 Å². The van der Waals surface area contributed by atoms with Gasteiger partial charge in [0.15, 0.2) is 0 Å². The van der Waals surface area contributed by atoms with E-state index in [1.54, 1.807) is 4.68 Å². The fraction of sp³-hybridized carbons (Fsp3) is 0.286. The van der Waals surface area contributed by atoms with Gasteiger partial charge in [0.25, 0.3) is 0 Å². The molecule has 0 unspecified atom stereocenters. The Balaban J connectivity index is 1.82. The van der Waals surface area contributed by atoms with Crippen LogP contribution in [0.2, 0.25) is 5.15 Å². The molecule has 3 rings (SSSR count). The molecule has 2 N–H and O–H groups in total. The van der Waals surface area contributed by atoms with Gasteiger partial charge in [-0.15, -0.1) is 0 Å². The van der Waals surface area contributed by atoms with E-state index in [-0.39, 0.29) is 12.5 Å². The molecule has 2 aromatic carbocycles. The molecule has 0 amide bonds. The van der Waals surface area contributed by atoms with Crippen LogP contribution in [0.1, 0.15) is 42.1 Å². The summed E-state index contributed by atoms with van der Waals surface area (Å²) in [7, 11) is 0. The Morgan fingerprint density at radius 1 is 1.00 bits per heavy atom. The van der Waals surface area contributed by atoms with Crippen LogP contribution < -0.4 is 5.32 Å². The summed E-state index contributed by atoms with van der Waals surface area (Å²) >= 11 is 6.67. The molecule has 0 aliphatic carbocycles. The molecule has 26 heavy (non-hydrogen) atoms. The molecule has 3 aromatic rings. The topological polar surface area (TPSA) is 50.1 Å². The molecule has 0 atom stereocenters. The maximum absolute atomic E-state index is 9.46. The van der Waals surface area contributed by atoms with E-state index in [0.717, 1.165) is 28.1 Å². The smallest absolute Gasteiger partial charge is 0.137 e. The Hall–Kier alpha value is -2.14. The van der Waals surface area contributed by atoms with Crippen LogP contribution in [0.25, 0.3) is 5.69 Å². The van der Waals surface area contributed by atoms with Crippen LogP contribution in [0.4, 0.5) is 0 Å². The van der Waals surface area contributed by atoms with Crippen LogP contribution in [0.15, 0.2) is 54.6 Å². The third kappa shape index (κ3) is 3.98. The molecule has 1 aromatic heterocycles. The van der Waals surface area contributed by atoms with Crippen molar-refractivity contribution in [2.75, 3.05) is 0 Å². The van der Waals surface area contributed by atoms with E-state index in [1.165, 1.54) is 0 Å². The van der Waals surface area contributed by atoms with E-state index < -0.39 is 0 Å². The van der Waals surface area contributed by atoms with Crippen molar-refractivity contribution in [2.45, 2.75) is 39.5 Å². The van der Waals surface area contributed by atoms with Gasteiger partial charge in [-0.1, -0.05) is 67.9 Å². The molecule has 4 nitrogen and oxygen atoms in total. The molecule has 0 bridgehead atoms. The Morgan fingerprint density at radius 2 is 1.65 bits per heavy atom. The van der Waals surface area contributed by atoms with E-state index in [2.05, 4.69) is 19.2 Å². The second kappa shape index (κ2) is 8.49. The third-order valence-corrected chi connectivity index (χ3v) is 4.79. The minimum Gasteiger partial charge on any atom is -0.392 e. The highest BCUT2D eigenvalue weighted by molar-refractivity contribution is 6.30. The normalized spacial score (nSPS) is 11.3. The second-order valence-electron chi connectivity index (χ2n) is 6.59. The Bertz CT molecular complexity index is 859. The zero-order valence-electron chi connectivity index (χ0n) is 15.1. The fourth-order valence-electron chi connectivity index (χ4n) is 3.02. The number of aliphatic hydroxyl groups is 1. The highest BCUT2D eigenvalue weighted by Crippen LogP contribution is 2.28. The number of hydrogen-bond donors (Lipinski definition) is 2. The first-order valence-electron chi connectivity index (χ1n) is 8.83. The predicted octanol–water partition coefficient (Wildman–Crippen LogP) is 4.43. The van der Waals surface area contributed by atoms with E-state index in [0.29, 0.717) is 18.2 Å². The number of aliphatic hydroxyl groups excluding tert-OH is 1. The standard InChI is InChI=1S/C21H24ClN3O/c1-15(2)20-19(13-23-12-16-8-6-7-9-17(16)14-26)21(22)25(24-20)18-10-4-3-5-11-18/h3-11,15,23,26H,12-14H2,1-2H3. The average Bonchev–Trinajstić information content (AvgIpc) is 3.00. The Labute approximate surface area is 159 Å². The van der Waals surface area contributed by atoms with Crippen LogP contribution >= 0.6 is 11.6 Å². The highest BCUT2D eigenvalue weighted by atomic mass is 35.5. The van der Waals surface area contributed by atoms with Crippen molar-refractivity contribution in [3.8, 4) is 5.69 Å². The largest absolute Gasteiger partial charge is 0.392 e. The maximum atomic E-state index is 9.46. The lowest BCUT2D eigenvalue weighted by Crippen LogP contribution is -2.15. The van der Waals surface area contributed by atoms with Gasteiger partial charge in [-0.2, -0.15) is 5.10 Å². The Kier molecular flexibility index (Phi) is 6.09. The third-order valence-electron chi connectivity index (χ3n) is 4.41. The maximum Gasteiger partial charge on any atom is 0.137 e. The van der Waals surface area contributed by atoms with E-state index >= 15 is 0 Å². The van der Waals surface area contributed by atoms with Crippen molar-refractivity contribution in [3.63, 3.8) is 0 Å². The molecule has 0 aliphatic rings. The fourth-order valence-corrected chi connectivity index (χ4v) is 3.32. The summed E-state index contributed by atoms with van der Waals surface area (Å²) in [6.45, 7) is 5.58. The van der Waals surface area contributed by atoms with E-state index in [1.807, 2.05) is 54.6 Å². The molecule has 0 spiro atoms. The van der Waals surface area contributed by atoms with E-state index in [9.17, 15) is 5.11 Å².